The molecule has 0 aromatic rings. The van der Waals surface area contributed by atoms with Crippen molar-refractivity contribution >= 4 is 0 Å². The monoisotopic (exact) mass is 167 g/mol. The SMILES string of the molecule is C=CC(N)=CC(CC)CCCC. The van der Waals surface area contributed by atoms with Crippen molar-refractivity contribution in [3.63, 3.8) is 0 Å². The van der Waals surface area contributed by atoms with Crippen molar-refractivity contribution < 1.29 is 0 Å². The first kappa shape index (κ1) is 11.3. The molecule has 0 aromatic heterocycles. The molecule has 0 fully saturated rings. The molecule has 0 saturated carbocycles. The summed E-state index contributed by atoms with van der Waals surface area (Å²) in [5.41, 5.74) is 6.48. The van der Waals surface area contributed by atoms with E-state index in [-0.39, 0.29) is 0 Å². The maximum absolute atomic E-state index is 5.66. The zero-order valence-electron chi connectivity index (χ0n) is 8.34. The maximum atomic E-state index is 5.66. The molecule has 70 valence electrons. The van der Waals surface area contributed by atoms with Gasteiger partial charge < -0.3 is 5.73 Å². The van der Waals surface area contributed by atoms with E-state index in [0.29, 0.717) is 5.92 Å². The Morgan fingerprint density at radius 3 is 2.58 bits per heavy atom. The summed E-state index contributed by atoms with van der Waals surface area (Å²) in [7, 11) is 0. The second kappa shape index (κ2) is 6.96. The minimum atomic E-state index is 0.642. The van der Waals surface area contributed by atoms with Crippen LogP contribution in [0.4, 0.5) is 0 Å². The van der Waals surface area contributed by atoms with Crippen LogP contribution in [-0.2, 0) is 0 Å². The fourth-order valence-electron chi connectivity index (χ4n) is 1.21. The highest BCUT2D eigenvalue weighted by molar-refractivity contribution is 5.12. The molecule has 1 unspecified atom stereocenters. The van der Waals surface area contributed by atoms with Crippen molar-refractivity contribution in [3.05, 3.63) is 24.4 Å². The van der Waals surface area contributed by atoms with Crippen molar-refractivity contribution in [1.29, 1.82) is 0 Å². The van der Waals surface area contributed by atoms with Gasteiger partial charge in [-0.15, -0.1) is 0 Å². The second-order valence-electron chi connectivity index (χ2n) is 3.18. The Hall–Kier alpha value is -0.720. The summed E-state index contributed by atoms with van der Waals surface area (Å²) in [5, 5.41) is 0. The van der Waals surface area contributed by atoms with E-state index in [1.807, 2.05) is 0 Å². The van der Waals surface area contributed by atoms with Gasteiger partial charge in [0.1, 0.15) is 0 Å². The third-order valence-corrected chi connectivity index (χ3v) is 2.12. The molecule has 2 N–H and O–H groups in total. The highest BCUT2D eigenvalue weighted by Crippen LogP contribution is 2.14. The molecule has 0 aromatic carbocycles. The van der Waals surface area contributed by atoms with Gasteiger partial charge in [-0.05, 0) is 24.8 Å². The Morgan fingerprint density at radius 2 is 2.17 bits per heavy atom. The van der Waals surface area contributed by atoms with Gasteiger partial charge in [-0.1, -0.05) is 39.3 Å². The van der Waals surface area contributed by atoms with E-state index in [1.54, 1.807) is 6.08 Å². The summed E-state index contributed by atoms with van der Waals surface area (Å²) in [5.74, 6) is 0.642. The number of nitrogens with two attached hydrogens (primary N) is 1. The predicted molar refractivity (Wildman–Crippen MR) is 55.8 cm³/mol. The molecule has 0 aliphatic carbocycles. The summed E-state index contributed by atoms with van der Waals surface area (Å²) in [6.07, 6.45) is 8.82. The van der Waals surface area contributed by atoms with Crippen molar-refractivity contribution in [3.8, 4) is 0 Å². The van der Waals surface area contributed by atoms with E-state index in [4.69, 9.17) is 5.73 Å². The lowest BCUT2D eigenvalue weighted by Crippen LogP contribution is -2.00. The largest absolute Gasteiger partial charge is 0.399 e. The summed E-state index contributed by atoms with van der Waals surface area (Å²) >= 11 is 0. The van der Waals surface area contributed by atoms with Gasteiger partial charge in [0.2, 0.25) is 0 Å². The fourth-order valence-corrected chi connectivity index (χ4v) is 1.21. The summed E-state index contributed by atoms with van der Waals surface area (Å²) in [4.78, 5) is 0. The molecule has 1 heteroatoms. The van der Waals surface area contributed by atoms with Crippen LogP contribution in [0.25, 0.3) is 0 Å². The van der Waals surface area contributed by atoms with E-state index < -0.39 is 0 Å². The molecule has 0 aliphatic heterocycles. The number of allylic oxidation sites excluding steroid dienone is 2. The first-order chi connectivity index (χ1) is 5.74. The number of unbranched alkanes of at least 4 members (excludes halogenated alkanes) is 1. The van der Waals surface area contributed by atoms with Gasteiger partial charge in [0.05, 0.1) is 0 Å². The average molecular weight is 167 g/mol. The Morgan fingerprint density at radius 1 is 1.50 bits per heavy atom. The van der Waals surface area contributed by atoms with E-state index in [1.165, 1.54) is 25.7 Å². The fraction of sp³-hybridized carbons (Fsp3) is 0.636. The standard InChI is InChI=1S/C11H21N/c1-4-7-8-10(5-2)9-11(12)6-3/h6,9-10H,3-5,7-8,12H2,1-2H3. The van der Waals surface area contributed by atoms with Crippen molar-refractivity contribution in [1.82, 2.24) is 0 Å². The molecular formula is C11H21N. The highest BCUT2D eigenvalue weighted by Gasteiger charge is 2.01. The van der Waals surface area contributed by atoms with Gasteiger partial charge in [-0.25, -0.2) is 0 Å². The van der Waals surface area contributed by atoms with Crippen LogP contribution >= 0.6 is 0 Å². The van der Waals surface area contributed by atoms with Crippen LogP contribution in [0, 0.1) is 5.92 Å². The molecule has 0 spiro atoms. The molecule has 0 heterocycles. The van der Waals surface area contributed by atoms with Crippen LogP contribution in [0.3, 0.4) is 0 Å². The lowest BCUT2D eigenvalue weighted by molar-refractivity contribution is 0.538. The predicted octanol–water partition coefficient (Wildman–Crippen LogP) is 3.23. The first-order valence-electron chi connectivity index (χ1n) is 4.84. The Labute approximate surface area is 76.3 Å². The second-order valence-corrected chi connectivity index (χ2v) is 3.18. The van der Waals surface area contributed by atoms with Crippen LogP contribution in [0.5, 0.6) is 0 Å². The summed E-state index contributed by atoms with van der Waals surface area (Å²) in [6, 6.07) is 0. The molecule has 12 heavy (non-hydrogen) atoms. The van der Waals surface area contributed by atoms with Crippen LogP contribution in [0.15, 0.2) is 24.4 Å². The zero-order chi connectivity index (χ0) is 9.40. The molecular weight excluding hydrogens is 146 g/mol. The number of rotatable bonds is 6. The lowest BCUT2D eigenvalue weighted by atomic mass is 9.98. The third-order valence-electron chi connectivity index (χ3n) is 2.12. The lowest BCUT2D eigenvalue weighted by Gasteiger charge is -2.09. The van der Waals surface area contributed by atoms with Crippen LogP contribution in [0.1, 0.15) is 39.5 Å². The Kier molecular flexibility index (Phi) is 6.54. The van der Waals surface area contributed by atoms with Crippen molar-refractivity contribution in [2.45, 2.75) is 39.5 Å². The molecule has 0 bridgehead atoms. The van der Waals surface area contributed by atoms with Crippen LogP contribution in [0.2, 0.25) is 0 Å². The van der Waals surface area contributed by atoms with Crippen LogP contribution in [-0.4, -0.2) is 0 Å². The van der Waals surface area contributed by atoms with E-state index in [9.17, 15) is 0 Å². The topological polar surface area (TPSA) is 26.0 Å². The maximum Gasteiger partial charge on any atom is 0.0270 e. The highest BCUT2D eigenvalue weighted by atomic mass is 14.6. The quantitative estimate of drug-likeness (QED) is 0.604. The zero-order valence-corrected chi connectivity index (χ0v) is 8.34. The van der Waals surface area contributed by atoms with Gasteiger partial charge in [-0.2, -0.15) is 0 Å². The van der Waals surface area contributed by atoms with Gasteiger partial charge in [-0.3, -0.25) is 0 Å². The molecule has 0 radical (unpaired) electrons. The van der Waals surface area contributed by atoms with Gasteiger partial charge in [0.25, 0.3) is 0 Å². The molecule has 1 nitrogen and oxygen atoms in total. The molecule has 0 rings (SSSR count). The average Bonchev–Trinajstić information content (AvgIpc) is 2.11. The van der Waals surface area contributed by atoms with Gasteiger partial charge in [0, 0.05) is 5.70 Å². The van der Waals surface area contributed by atoms with Gasteiger partial charge in [0.15, 0.2) is 0 Å². The van der Waals surface area contributed by atoms with E-state index in [2.05, 4.69) is 26.5 Å². The molecule has 1 atom stereocenters. The number of hydrogen-bond acceptors (Lipinski definition) is 1. The smallest absolute Gasteiger partial charge is 0.0270 e. The minimum Gasteiger partial charge on any atom is -0.399 e. The van der Waals surface area contributed by atoms with Crippen molar-refractivity contribution in [2.24, 2.45) is 11.7 Å². The van der Waals surface area contributed by atoms with E-state index in [0.717, 1.165) is 5.70 Å². The summed E-state index contributed by atoms with van der Waals surface area (Å²) in [6.45, 7) is 8.05. The molecule has 0 amide bonds. The number of hydrogen-bond donors (Lipinski definition) is 1. The molecule has 0 saturated heterocycles. The summed E-state index contributed by atoms with van der Waals surface area (Å²) < 4.78 is 0. The molecule has 0 aliphatic rings. The first-order valence-corrected chi connectivity index (χ1v) is 4.84. The Balaban J connectivity index is 3.89. The van der Waals surface area contributed by atoms with Gasteiger partial charge >= 0.3 is 0 Å². The van der Waals surface area contributed by atoms with Crippen LogP contribution < -0.4 is 5.73 Å². The van der Waals surface area contributed by atoms with E-state index >= 15 is 0 Å². The minimum absolute atomic E-state index is 0.642. The Bertz CT molecular complexity index is 147. The third kappa shape index (κ3) is 5.00. The normalized spacial score (nSPS) is 14.3. The van der Waals surface area contributed by atoms with Crippen molar-refractivity contribution in [2.75, 3.05) is 0 Å².